The first kappa shape index (κ1) is 7.39. The third kappa shape index (κ3) is 1.63. The van der Waals surface area contributed by atoms with Crippen LogP contribution >= 0.6 is 0 Å². The molecule has 0 aromatic carbocycles. The van der Waals surface area contributed by atoms with Gasteiger partial charge in [-0.3, -0.25) is 0 Å². The predicted molar refractivity (Wildman–Crippen MR) is 42.7 cm³/mol. The Labute approximate surface area is 62.4 Å². The van der Waals surface area contributed by atoms with Gasteiger partial charge in [0, 0.05) is 6.42 Å². The van der Waals surface area contributed by atoms with Crippen LogP contribution in [0.25, 0.3) is 0 Å². The topological polar surface area (TPSA) is 9.23 Å². The summed E-state index contributed by atoms with van der Waals surface area (Å²) in [7, 11) is 0. The second-order valence-electron chi connectivity index (χ2n) is 2.70. The average Bonchev–Trinajstić information content (AvgIpc) is 1.85. The standard InChI is InChI=1S/C9H14O/c1-4-9-6-7(2)5-8(3)10-9/h5-6,8H,4H2,1-3H3. The molecule has 0 bridgehead atoms. The van der Waals surface area contributed by atoms with Gasteiger partial charge in [-0.15, -0.1) is 0 Å². The molecule has 1 atom stereocenters. The molecule has 1 heteroatoms. The van der Waals surface area contributed by atoms with Gasteiger partial charge in [-0.2, -0.15) is 0 Å². The lowest BCUT2D eigenvalue weighted by atomic mass is 10.1. The summed E-state index contributed by atoms with van der Waals surface area (Å²) < 4.78 is 5.49. The van der Waals surface area contributed by atoms with Crippen molar-refractivity contribution in [2.45, 2.75) is 33.3 Å². The number of allylic oxidation sites excluding steroid dienone is 3. The number of rotatable bonds is 1. The van der Waals surface area contributed by atoms with Crippen molar-refractivity contribution in [3.8, 4) is 0 Å². The van der Waals surface area contributed by atoms with E-state index >= 15 is 0 Å². The first-order chi connectivity index (χ1) is 4.72. The van der Waals surface area contributed by atoms with Gasteiger partial charge in [0.2, 0.25) is 0 Å². The van der Waals surface area contributed by atoms with Gasteiger partial charge in [-0.25, -0.2) is 0 Å². The van der Waals surface area contributed by atoms with Gasteiger partial charge < -0.3 is 4.74 Å². The average molecular weight is 138 g/mol. The Hall–Kier alpha value is -0.720. The molecule has 0 radical (unpaired) electrons. The summed E-state index contributed by atoms with van der Waals surface area (Å²) in [6, 6.07) is 0. The van der Waals surface area contributed by atoms with Gasteiger partial charge in [0.05, 0.1) is 5.76 Å². The minimum Gasteiger partial charge on any atom is -0.491 e. The minimum absolute atomic E-state index is 0.264. The summed E-state index contributed by atoms with van der Waals surface area (Å²) in [5.41, 5.74) is 1.32. The molecule has 0 saturated carbocycles. The van der Waals surface area contributed by atoms with Crippen LogP contribution < -0.4 is 0 Å². The Bertz CT molecular complexity index is 177. The fourth-order valence-electron chi connectivity index (χ4n) is 1.16. The van der Waals surface area contributed by atoms with Crippen molar-refractivity contribution in [3.63, 3.8) is 0 Å². The van der Waals surface area contributed by atoms with E-state index in [2.05, 4.69) is 32.9 Å². The summed E-state index contributed by atoms with van der Waals surface area (Å²) in [5.74, 6) is 1.10. The van der Waals surface area contributed by atoms with Gasteiger partial charge >= 0.3 is 0 Å². The summed E-state index contributed by atoms with van der Waals surface area (Å²) >= 11 is 0. The Morgan fingerprint density at radius 3 is 2.80 bits per heavy atom. The third-order valence-corrected chi connectivity index (χ3v) is 1.57. The molecule has 56 valence electrons. The SMILES string of the molecule is CCC1=CC(C)=CC(C)O1. The zero-order valence-corrected chi connectivity index (χ0v) is 6.85. The fraction of sp³-hybridized carbons (Fsp3) is 0.556. The van der Waals surface area contributed by atoms with E-state index in [0.717, 1.165) is 12.2 Å². The van der Waals surface area contributed by atoms with E-state index in [-0.39, 0.29) is 6.10 Å². The molecule has 1 aliphatic rings. The zero-order chi connectivity index (χ0) is 7.56. The first-order valence-corrected chi connectivity index (χ1v) is 3.78. The predicted octanol–water partition coefficient (Wildman–Crippen LogP) is 2.65. The van der Waals surface area contributed by atoms with E-state index in [9.17, 15) is 0 Å². The molecule has 1 heterocycles. The van der Waals surface area contributed by atoms with Crippen LogP contribution in [0.5, 0.6) is 0 Å². The molecule has 0 aliphatic carbocycles. The van der Waals surface area contributed by atoms with E-state index in [1.807, 2.05) is 0 Å². The van der Waals surface area contributed by atoms with E-state index in [4.69, 9.17) is 4.74 Å². The lowest BCUT2D eigenvalue weighted by molar-refractivity contribution is 0.158. The molecule has 0 fully saturated rings. The molecular formula is C9H14O. The summed E-state index contributed by atoms with van der Waals surface area (Å²) in [4.78, 5) is 0. The highest BCUT2D eigenvalue weighted by Gasteiger charge is 2.06. The molecule has 1 unspecified atom stereocenters. The van der Waals surface area contributed by atoms with Gasteiger partial charge in [-0.1, -0.05) is 6.92 Å². The summed E-state index contributed by atoms with van der Waals surface area (Å²) in [5, 5.41) is 0. The molecular weight excluding hydrogens is 124 g/mol. The molecule has 0 aromatic rings. The minimum atomic E-state index is 0.264. The third-order valence-electron chi connectivity index (χ3n) is 1.57. The maximum Gasteiger partial charge on any atom is 0.114 e. The number of hydrogen-bond acceptors (Lipinski definition) is 1. The van der Waals surface area contributed by atoms with Crippen molar-refractivity contribution < 1.29 is 4.74 Å². The van der Waals surface area contributed by atoms with Crippen LogP contribution in [-0.2, 0) is 4.74 Å². The lowest BCUT2D eigenvalue weighted by Gasteiger charge is -2.18. The van der Waals surface area contributed by atoms with E-state index in [0.29, 0.717) is 0 Å². The smallest absolute Gasteiger partial charge is 0.114 e. The Balaban J connectivity index is 2.70. The fourth-order valence-corrected chi connectivity index (χ4v) is 1.16. The second-order valence-corrected chi connectivity index (χ2v) is 2.70. The number of hydrogen-bond donors (Lipinski definition) is 0. The monoisotopic (exact) mass is 138 g/mol. The highest BCUT2D eigenvalue weighted by molar-refractivity contribution is 5.23. The van der Waals surface area contributed by atoms with Gasteiger partial charge in [0.25, 0.3) is 0 Å². The van der Waals surface area contributed by atoms with Gasteiger partial charge in [-0.05, 0) is 31.6 Å². The molecule has 1 rings (SSSR count). The van der Waals surface area contributed by atoms with Crippen LogP contribution in [0.2, 0.25) is 0 Å². The normalized spacial score (nSPS) is 24.9. The molecule has 0 amide bonds. The van der Waals surface area contributed by atoms with Crippen molar-refractivity contribution in [1.82, 2.24) is 0 Å². The van der Waals surface area contributed by atoms with Crippen LogP contribution in [0.3, 0.4) is 0 Å². The second kappa shape index (κ2) is 2.91. The molecule has 1 aliphatic heterocycles. The zero-order valence-electron chi connectivity index (χ0n) is 6.85. The van der Waals surface area contributed by atoms with E-state index in [1.165, 1.54) is 5.57 Å². The van der Waals surface area contributed by atoms with Crippen LogP contribution in [0.1, 0.15) is 27.2 Å². The van der Waals surface area contributed by atoms with Crippen LogP contribution in [-0.4, -0.2) is 6.10 Å². The Kier molecular flexibility index (Phi) is 2.15. The Morgan fingerprint density at radius 2 is 2.30 bits per heavy atom. The van der Waals surface area contributed by atoms with Crippen LogP contribution in [0.15, 0.2) is 23.5 Å². The lowest BCUT2D eigenvalue weighted by Crippen LogP contribution is -2.08. The molecule has 0 N–H and O–H groups in total. The quantitative estimate of drug-likeness (QED) is 0.541. The van der Waals surface area contributed by atoms with E-state index in [1.54, 1.807) is 0 Å². The van der Waals surface area contributed by atoms with Gasteiger partial charge in [0.15, 0.2) is 0 Å². The molecule has 0 aromatic heterocycles. The van der Waals surface area contributed by atoms with E-state index < -0.39 is 0 Å². The first-order valence-electron chi connectivity index (χ1n) is 3.78. The van der Waals surface area contributed by atoms with Crippen molar-refractivity contribution in [3.05, 3.63) is 23.5 Å². The van der Waals surface area contributed by atoms with Gasteiger partial charge in [0.1, 0.15) is 6.10 Å². The number of ether oxygens (including phenoxy) is 1. The molecule has 0 saturated heterocycles. The summed E-state index contributed by atoms with van der Waals surface area (Å²) in [6.45, 7) is 6.28. The Morgan fingerprint density at radius 1 is 1.60 bits per heavy atom. The summed E-state index contributed by atoms with van der Waals surface area (Å²) in [6.07, 6.45) is 5.48. The van der Waals surface area contributed by atoms with Crippen molar-refractivity contribution in [2.24, 2.45) is 0 Å². The molecule has 10 heavy (non-hydrogen) atoms. The molecule has 0 spiro atoms. The van der Waals surface area contributed by atoms with Crippen molar-refractivity contribution in [2.75, 3.05) is 0 Å². The van der Waals surface area contributed by atoms with Crippen molar-refractivity contribution in [1.29, 1.82) is 0 Å². The van der Waals surface area contributed by atoms with Crippen LogP contribution in [0, 0.1) is 0 Å². The highest BCUT2D eigenvalue weighted by atomic mass is 16.5. The largest absolute Gasteiger partial charge is 0.491 e. The maximum atomic E-state index is 5.49. The van der Waals surface area contributed by atoms with Crippen molar-refractivity contribution >= 4 is 0 Å². The van der Waals surface area contributed by atoms with Crippen LogP contribution in [0.4, 0.5) is 0 Å². The maximum absolute atomic E-state index is 5.49. The molecule has 1 nitrogen and oxygen atoms in total. The highest BCUT2D eigenvalue weighted by Crippen LogP contribution is 2.17.